The third kappa shape index (κ3) is 1.97. The van der Waals surface area contributed by atoms with E-state index in [1.165, 1.54) is 12.8 Å². The van der Waals surface area contributed by atoms with Crippen molar-refractivity contribution in [3.8, 4) is 0 Å². The quantitative estimate of drug-likeness (QED) is 0.824. The van der Waals surface area contributed by atoms with Crippen LogP contribution in [0.5, 0.6) is 0 Å². The van der Waals surface area contributed by atoms with Gasteiger partial charge in [0.25, 0.3) is 5.56 Å². The number of rotatable bonds is 4. The van der Waals surface area contributed by atoms with Gasteiger partial charge in [-0.15, -0.1) is 0 Å². The molecule has 0 bridgehead atoms. The highest BCUT2D eigenvalue weighted by Crippen LogP contribution is 2.28. The number of hydrogen-bond acceptors (Lipinski definition) is 3. The van der Waals surface area contributed by atoms with Crippen molar-refractivity contribution in [2.45, 2.75) is 18.9 Å². The van der Waals surface area contributed by atoms with Crippen LogP contribution in [0.3, 0.4) is 0 Å². The summed E-state index contributed by atoms with van der Waals surface area (Å²) in [5.74, 6) is 0.550. The molecule has 0 aromatic carbocycles. The topological polar surface area (TPSA) is 49.0 Å². The lowest BCUT2D eigenvalue weighted by molar-refractivity contribution is 0.803. The summed E-state index contributed by atoms with van der Waals surface area (Å²) in [5.41, 5.74) is -0.0969. The van der Waals surface area contributed by atoms with E-state index in [1.54, 1.807) is 12.4 Å². The molecule has 0 saturated heterocycles. The number of hydrogen-bond donors (Lipinski definition) is 1. The summed E-state index contributed by atoms with van der Waals surface area (Å²) in [5, 5.41) is 0.861. The standard InChI is InChI=1S/C9H12BrN3O/c10-3-6-13(7-1-2-7)8-9(14)12-5-4-11-8/h4-5,7H,1-3,6H2,(H,12,14). The van der Waals surface area contributed by atoms with Crippen LogP contribution in [0, 0.1) is 0 Å². The molecule has 0 unspecified atom stereocenters. The molecule has 0 aliphatic heterocycles. The summed E-state index contributed by atoms with van der Waals surface area (Å²) in [6.07, 6.45) is 5.53. The maximum atomic E-state index is 11.5. The number of aromatic amines is 1. The van der Waals surface area contributed by atoms with Gasteiger partial charge in [0.15, 0.2) is 5.82 Å². The van der Waals surface area contributed by atoms with Crippen LogP contribution in [0.25, 0.3) is 0 Å². The van der Waals surface area contributed by atoms with Crippen molar-refractivity contribution < 1.29 is 0 Å². The number of aromatic nitrogens is 2. The van der Waals surface area contributed by atoms with Gasteiger partial charge in [-0.3, -0.25) is 4.79 Å². The SMILES string of the molecule is O=c1[nH]ccnc1N(CCBr)C1CC1. The van der Waals surface area contributed by atoms with E-state index >= 15 is 0 Å². The number of nitrogens with one attached hydrogen (secondary N) is 1. The molecule has 1 N–H and O–H groups in total. The van der Waals surface area contributed by atoms with Gasteiger partial charge >= 0.3 is 0 Å². The minimum absolute atomic E-state index is 0.0969. The zero-order chi connectivity index (χ0) is 9.97. The molecule has 0 amide bonds. The van der Waals surface area contributed by atoms with Crippen LogP contribution in [-0.4, -0.2) is 27.9 Å². The molecule has 5 heteroatoms. The van der Waals surface area contributed by atoms with E-state index in [0.717, 1.165) is 11.9 Å². The fourth-order valence-electron chi connectivity index (χ4n) is 1.49. The molecule has 1 aromatic rings. The molecule has 1 aliphatic rings. The van der Waals surface area contributed by atoms with Gasteiger partial charge in [0, 0.05) is 30.3 Å². The first-order chi connectivity index (χ1) is 6.83. The Bertz CT molecular complexity index is 361. The molecule has 1 aliphatic carbocycles. The smallest absolute Gasteiger partial charge is 0.290 e. The number of halogens is 1. The maximum absolute atomic E-state index is 11.5. The molecule has 0 atom stereocenters. The Morgan fingerprint density at radius 1 is 1.64 bits per heavy atom. The average molecular weight is 258 g/mol. The van der Waals surface area contributed by atoms with Gasteiger partial charge < -0.3 is 9.88 Å². The first-order valence-electron chi connectivity index (χ1n) is 4.69. The fraction of sp³-hybridized carbons (Fsp3) is 0.556. The van der Waals surface area contributed by atoms with Crippen LogP contribution >= 0.6 is 15.9 Å². The van der Waals surface area contributed by atoms with E-state index < -0.39 is 0 Å². The summed E-state index contributed by atoms with van der Waals surface area (Å²) >= 11 is 3.39. The van der Waals surface area contributed by atoms with Crippen LogP contribution in [0.2, 0.25) is 0 Å². The lowest BCUT2D eigenvalue weighted by Crippen LogP contribution is -2.33. The zero-order valence-electron chi connectivity index (χ0n) is 7.74. The molecule has 1 fully saturated rings. The van der Waals surface area contributed by atoms with E-state index in [2.05, 4.69) is 30.8 Å². The number of nitrogens with zero attached hydrogens (tertiary/aromatic N) is 2. The summed E-state index contributed by atoms with van der Waals surface area (Å²) < 4.78 is 0. The Hall–Kier alpha value is -0.840. The molecule has 1 heterocycles. The average Bonchev–Trinajstić information content (AvgIpc) is 2.99. The van der Waals surface area contributed by atoms with Crippen LogP contribution in [0.4, 0.5) is 5.82 Å². The highest BCUT2D eigenvalue weighted by atomic mass is 79.9. The van der Waals surface area contributed by atoms with Crippen LogP contribution in [-0.2, 0) is 0 Å². The van der Waals surface area contributed by atoms with Crippen molar-refractivity contribution in [3.05, 3.63) is 22.7 Å². The van der Waals surface area contributed by atoms with E-state index in [0.29, 0.717) is 11.9 Å². The first-order valence-corrected chi connectivity index (χ1v) is 5.81. The molecule has 2 rings (SSSR count). The van der Waals surface area contributed by atoms with Gasteiger partial charge in [0.1, 0.15) is 0 Å². The second kappa shape index (κ2) is 4.13. The lowest BCUT2D eigenvalue weighted by Gasteiger charge is -2.20. The van der Waals surface area contributed by atoms with Crippen LogP contribution < -0.4 is 10.5 Å². The lowest BCUT2D eigenvalue weighted by atomic mass is 10.4. The Labute approximate surface area is 90.5 Å². The van der Waals surface area contributed by atoms with Crippen molar-refractivity contribution in [1.29, 1.82) is 0 Å². The van der Waals surface area contributed by atoms with Gasteiger partial charge in [-0.25, -0.2) is 4.98 Å². The molecule has 1 aromatic heterocycles. The summed E-state index contributed by atoms with van der Waals surface area (Å²) in [7, 11) is 0. The van der Waals surface area contributed by atoms with E-state index in [9.17, 15) is 4.79 Å². The highest BCUT2D eigenvalue weighted by Gasteiger charge is 2.30. The minimum Gasteiger partial charge on any atom is -0.348 e. The third-order valence-corrected chi connectivity index (χ3v) is 2.63. The van der Waals surface area contributed by atoms with E-state index in [-0.39, 0.29) is 5.56 Å². The molecular weight excluding hydrogens is 246 g/mol. The first kappa shape index (κ1) is 9.71. The van der Waals surface area contributed by atoms with Crippen LogP contribution in [0.15, 0.2) is 17.2 Å². The van der Waals surface area contributed by atoms with Gasteiger partial charge in [-0.1, -0.05) is 15.9 Å². The Kier molecular flexibility index (Phi) is 2.86. The number of H-pyrrole nitrogens is 1. The van der Waals surface area contributed by atoms with Gasteiger partial charge in [0.05, 0.1) is 0 Å². The molecule has 0 spiro atoms. The molecule has 76 valence electrons. The summed E-state index contributed by atoms with van der Waals surface area (Å²) in [4.78, 5) is 20.3. The normalized spacial score (nSPS) is 15.5. The monoisotopic (exact) mass is 257 g/mol. The van der Waals surface area contributed by atoms with Crippen molar-refractivity contribution in [2.75, 3.05) is 16.8 Å². The Morgan fingerprint density at radius 2 is 2.43 bits per heavy atom. The molecule has 1 saturated carbocycles. The maximum Gasteiger partial charge on any atom is 0.290 e. The van der Waals surface area contributed by atoms with Gasteiger partial charge in [-0.05, 0) is 12.8 Å². The highest BCUT2D eigenvalue weighted by molar-refractivity contribution is 9.09. The second-order valence-electron chi connectivity index (χ2n) is 3.36. The van der Waals surface area contributed by atoms with E-state index in [1.807, 2.05) is 0 Å². The van der Waals surface area contributed by atoms with E-state index in [4.69, 9.17) is 0 Å². The minimum atomic E-state index is -0.0969. The number of alkyl halides is 1. The van der Waals surface area contributed by atoms with Gasteiger partial charge in [-0.2, -0.15) is 0 Å². The Balaban J connectivity index is 2.25. The third-order valence-electron chi connectivity index (χ3n) is 2.27. The summed E-state index contributed by atoms with van der Waals surface area (Å²) in [6, 6.07) is 0.517. The zero-order valence-corrected chi connectivity index (χ0v) is 9.33. The van der Waals surface area contributed by atoms with Crippen molar-refractivity contribution >= 4 is 21.7 Å². The summed E-state index contributed by atoms with van der Waals surface area (Å²) in [6.45, 7) is 0.838. The number of anilines is 1. The van der Waals surface area contributed by atoms with Gasteiger partial charge in [0.2, 0.25) is 0 Å². The predicted molar refractivity (Wildman–Crippen MR) is 59.0 cm³/mol. The molecule has 4 nitrogen and oxygen atoms in total. The largest absolute Gasteiger partial charge is 0.348 e. The molecule has 14 heavy (non-hydrogen) atoms. The Morgan fingerprint density at radius 3 is 3.00 bits per heavy atom. The molecular formula is C9H12BrN3O. The van der Waals surface area contributed by atoms with Crippen molar-refractivity contribution in [3.63, 3.8) is 0 Å². The predicted octanol–water partition coefficient (Wildman–Crippen LogP) is 1.13. The van der Waals surface area contributed by atoms with Crippen molar-refractivity contribution in [1.82, 2.24) is 9.97 Å². The van der Waals surface area contributed by atoms with Crippen molar-refractivity contribution in [2.24, 2.45) is 0 Å². The second-order valence-corrected chi connectivity index (χ2v) is 4.15. The van der Waals surface area contributed by atoms with Crippen LogP contribution in [0.1, 0.15) is 12.8 Å². The molecule has 0 radical (unpaired) electrons. The fourth-order valence-corrected chi connectivity index (χ4v) is 1.87.